The number of benzene rings is 1. The number of carbonyl (C=O) groups is 5. The largest absolute Gasteiger partial charge is 0.467 e. The smallest absolute Gasteiger partial charge is 0.355 e. The summed E-state index contributed by atoms with van der Waals surface area (Å²) in [6, 6.07) is 5.88. The first kappa shape index (κ1) is 22.9. The Hall–Kier alpha value is -3.43. The van der Waals surface area contributed by atoms with Crippen molar-refractivity contribution in [2.45, 2.75) is 45.2 Å². The average Bonchev–Trinajstić information content (AvgIpc) is 3.03. The Morgan fingerprint density at radius 2 is 1.60 bits per heavy atom. The van der Waals surface area contributed by atoms with Crippen LogP contribution in [0.5, 0.6) is 0 Å². The summed E-state index contributed by atoms with van der Waals surface area (Å²) in [4.78, 5) is 65.4. The molecule has 1 aliphatic rings. The molecular formula is C20H25N3O7. The number of urea groups is 1. The van der Waals surface area contributed by atoms with E-state index in [9.17, 15) is 24.0 Å². The van der Waals surface area contributed by atoms with Gasteiger partial charge in [0, 0.05) is 19.3 Å². The van der Waals surface area contributed by atoms with Crippen LogP contribution in [0, 0.1) is 5.92 Å². The first-order valence-corrected chi connectivity index (χ1v) is 9.49. The first-order chi connectivity index (χ1) is 14.2. The summed E-state index contributed by atoms with van der Waals surface area (Å²) in [7, 11) is 1.21. The maximum absolute atomic E-state index is 12.6. The van der Waals surface area contributed by atoms with Crippen molar-refractivity contribution in [2.75, 3.05) is 7.11 Å². The van der Waals surface area contributed by atoms with Crippen LogP contribution in [0.3, 0.4) is 0 Å². The van der Waals surface area contributed by atoms with Crippen LogP contribution in [0.15, 0.2) is 30.3 Å². The molecular weight excluding hydrogens is 394 g/mol. The maximum Gasteiger partial charge on any atom is 0.355 e. The summed E-state index contributed by atoms with van der Waals surface area (Å²) >= 11 is 0. The molecule has 2 atom stereocenters. The Bertz CT molecular complexity index is 794. The van der Waals surface area contributed by atoms with E-state index in [1.165, 1.54) is 7.11 Å². The summed E-state index contributed by atoms with van der Waals surface area (Å²) in [5, 5.41) is 5.34. The number of esters is 1. The highest BCUT2D eigenvalue weighted by atomic mass is 16.7. The zero-order chi connectivity index (χ0) is 22.3. The number of amides is 4. The van der Waals surface area contributed by atoms with E-state index in [1.807, 2.05) is 0 Å². The Balaban J connectivity index is 2.13. The Labute approximate surface area is 173 Å². The van der Waals surface area contributed by atoms with Crippen LogP contribution in [-0.2, 0) is 35.2 Å². The number of nitrogens with zero attached hydrogens (tertiary/aromatic N) is 1. The minimum absolute atomic E-state index is 0.0431. The minimum Gasteiger partial charge on any atom is -0.467 e. The van der Waals surface area contributed by atoms with Crippen molar-refractivity contribution in [2.24, 2.45) is 5.92 Å². The summed E-state index contributed by atoms with van der Waals surface area (Å²) in [5.41, 5.74) is 0.715. The number of hydrogen-bond donors (Lipinski definition) is 2. The second kappa shape index (κ2) is 10.4. The van der Waals surface area contributed by atoms with Gasteiger partial charge in [0.05, 0.1) is 7.11 Å². The van der Waals surface area contributed by atoms with Crippen molar-refractivity contribution in [3.05, 3.63) is 35.9 Å². The molecule has 1 saturated heterocycles. The fourth-order valence-corrected chi connectivity index (χ4v) is 2.82. The number of hydroxylamine groups is 2. The molecule has 2 rings (SSSR count). The van der Waals surface area contributed by atoms with E-state index in [-0.39, 0.29) is 25.2 Å². The number of imide groups is 1. The van der Waals surface area contributed by atoms with Gasteiger partial charge in [-0.05, 0) is 11.5 Å². The molecule has 0 saturated carbocycles. The van der Waals surface area contributed by atoms with Crippen LogP contribution < -0.4 is 10.6 Å². The van der Waals surface area contributed by atoms with Crippen molar-refractivity contribution in [3.63, 3.8) is 0 Å². The molecule has 2 N–H and O–H groups in total. The van der Waals surface area contributed by atoms with Crippen LogP contribution in [0.4, 0.5) is 4.79 Å². The van der Waals surface area contributed by atoms with Gasteiger partial charge in [-0.25, -0.2) is 14.4 Å². The summed E-state index contributed by atoms with van der Waals surface area (Å²) < 4.78 is 4.68. The van der Waals surface area contributed by atoms with Crippen molar-refractivity contribution in [1.29, 1.82) is 0 Å². The van der Waals surface area contributed by atoms with Crippen LogP contribution in [0.25, 0.3) is 0 Å². The van der Waals surface area contributed by atoms with Gasteiger partial charge in [-0.3, -0.25) is 9.59 Å². The van der Waals surface area contributed by atoms with Crippen molar-refractivity contribution in [1.82, 2.24) is 15.7 Å². The van der Waals surface area contributed by atoms with E-state index >= 15 is 0 Å². The second-order valence-corrected chi connectivity index (χ2v) is 7.10. The lowest BCUT2D eigenvalue weighted by molar-refractivity contribution is -0.198. The van der Waals surface area contributed by atoms with Crippen molar-refractivity contribution >= 4 is 29.8 Å². The lowest BCUT2D eigenvalue weighted by Crippen LogP contribution is -2.54. The molecule has 0 radical (unpaired) electrons. The molecule has 0 spiro atoms. The fraction of sp³-hybridized carbons (Fsp3) is 0.450. The molecule has 1 aromatic rings. The van der Waals surface area contributed by atoms with E-state index in [4.69, 9.17) is 4.84 Å². The average molecular weight is 419 g/mol. The molecule has 0 aromatic heterocycles. The molecule has 0 unspecified atom stereocenters. The molecule has 0 aliphatic carbocycles. The Morgan fingerprint density at radius 1 is 1.00 bits per heavy atom. The highest BCUT2D eigenvalue weighted by molar-refractivity contribution is 6.02. The summed E-state index contributed by atoms with van der Waals surface area (Å²) in [6.45, 7) is 3.45. The minimum atomic E-state index is -1.21. The third-order valence-corrected chi connectivity index (χ3v) is 4.47. The maximum atomic E-state index is 12.6. The predicted molar refractivity (Wildman–Crippen MR) is 103 cm³/mol. The van der Waals surface area contributed by atoms with Crippen LogP contribution in [0.1, 0.15) is 32.3 Å². The standard InChI is InChI=1S/C20H25N3O7/c1-12(2)17(19(27)29-3)22-20(28)21-14(11-13-7-5-4-6-8-13)18(26)30-23-15(24)9-10-16(23)25/h4-8,12,14,17H,9-11H2,1-3H3,(H2,21,22,28)/t14-,17-/m0/s1. The summed E-state index contributed by atoms with van der Waals surface area (Å²) in [6.07, 6.45) is -0.0367. The quantitative estimate of drug-likeness (QED) is 0.468. The van der Waals surface area contributed by atoms with Gasteiger partial charge in [0.15, 0.2) is 0 Å². The van der Waals surface area contributed by atoms with Crippen molar-refractivity contribution < 1.29 is 33.5 Å². The number of nitrogens with one attached hydrogen (secondary N) is 2. The van der Waals surface area contributed by atoms with E-state index in [2.05, 4.69) is 15.4 Å². The van der Waals surface area contributed by atoms with Crippen molar-refractivity contribution in [3.8, 4) is 0 Å². The summed E-state index contributed by atoms with van der Waals surface area (Å²) in [5.74, 6) is -3.11. The SMILES string of the molecule is COC(=O)[C@@H](NC(=O)N[C@@H](Cc1ccccc1)C(=O)ON1C(=O)CCC1=O)C(C)C. The van der Waals surface area contributed by atoms with Gasteiger partial charge in [-0.15, -0.1) is 5.06 Å². The zero-order valence-corrected chi connectivity index (χ0v) is 17.0. The molecule has 1 fully saturated rings. The van der Waals surface area contributed by atoms with E-state index in [0.29, 0.717) is 10.6 Å². The Kier molecular flexibility index (Phi) is 7.90. The molecule has 10 nitrogen and oxygen atoms in total. The second-order valence-electron chi connectivity index (χ2n) is 7.10. The third kappa shape index (κ3) is 6.03. The molecule has 1 aliphatic heterocycles. The normalized spacial score (nSPS) is 15.5. The van der Waals surface area contributed by atoms with Gasteiger partial charge in [0.2, 0.25) is 0 Å². The van der Waals surface area contributed by atoms with Crippen LogP contribution in [-0.4, -0.2) is 54.0 Å². The monoisotopic (exact) mass is 419 g/mol. The van der Waals surface area contributed by atoms with Crippen LogP contribution >= 0.6 is 0 Å². The highest BCUT2D eigenvalue weighted by Crippen LogP contribution is 2.14. The number of hydrogen-bond acceptors (Lipinski definition) is 7. The Morgan fingerprint density at radius 3 is 2.13 bits per heavy atom. The van der Waals surface area contributed by atoms with Crippen LogP contribution in [0.2, 0.25) is 0 Å². The lowest BCUT2D eigenvalue weighted by atomic mass is 10.0. The molecule has 1 heterocycles. The molecule has 4 amide bonds. The number of carbonyl (C=O) groups excluding carboxylic acids is 5. The molecule has 0 bridgehead atoms. The topological polar surface area (TPSA) is 131 Å². The van der Waals surface area contributed by atoms with Gasteiger partial charge >= 0.3 is 18.0 Å². The van der Waals surface area contributed by atoms with Gasteiger partial charge in [0.1, 0.15) is 12.1 Å². The number of methoxy groups -OCH3 is 1. The van der Waals surface area contributed by atoms with E-state index in [0.717, 1.165) is 0 Å². The predicted octanol–water partition coefficient (Wildman–Crippen LogP) is 0.702. The molecule has 1 aromatic carbocycles. The first-order valence-electron chi connectivity index (χ1n) is 9.49. The number of ether oxygens (including phenoxy) is 1. The molecule has 10 heteroatoms. The highest BCUT2D eigenvalue weighted by Gasteiger charge is 2.36. The van der Waals surface area contributed by atoms with Gasteiger partial charge in [-0.1, -0.05) is 44.2 Å². The van der Waals surface area contributed by atoms with E-state index < -0.39 is 41.9 Å². The van der Waals surface area contributed by atoms with Gasteiger partial charge < -0.3 is 20.2 Å². The lowest BCUT2D eigenvalue weighted by Gasteiger charge is -2.23. The zero-order valence-electron chi connectivity index (χ0n) is 17.0. The third-order valence-electron chi connectivity index (χ3n) is 4.47. The molecule has 30 heavy (non-hydrogen) atoms. The van der Waals surface area contributed by atoms with E-state index in [1.54, 1.807) is 44.2 Å². The number of rotatable bonds is 8. The van der Waals surface area contributed by atoms with Gasteiger partial charge in [-0.2, -0.15) is 0 Å². The fourth-order valence-electron chi connectivity index (χ4n) is 2.82. The van der Waals surface area contributed by atoms with Gasteiger partial charge in [0.25, 0.3) is 11.8 Å². The molecule has 162 valence electrons.